The average molecular weight is 233 g/mol. The van der Waals surface area contributed by atoms with Crippen molar-refractivity contribution < 1.29 is 22.4 Å². The van der Waals surface area contributed by atoms with E-state index in [2.05, 4.69) is 5.32 Å². The Labute approximate surface area is 88.6 Å². The van der Waals surface area contributed by atoms with Crippen molar-refractivity contribution in [1.82, 2.24) is 0 Å². The van der Waals surface area contributed by atoms with E-state index in [-0.39, 0.29) is 5.69 Å². The summed E-state index contributed by atoms with van der Waals surface area (Å²) in [5.41, 5.74) is 0.256. The van der Waals surface area contributed by atoms with Gasteiger partial charge in [-0.1, -0.05) is 6.07 Å². The van der Waals surface area contributed by atoms with E-state index in [4.69, 9.17) is 0 Å². The molecule has 0 saturated heterocycles. The van der Waals surface area contributed by atoms with Gasteiger partial charge in [-0.3, -0.25) is 4.79 Å². The Hall–Kier alpha value is -1.85. The third kappa shape index (κ3) is 3.72. The number of allylic oxidation sites excluding steroid dienone is 1. The standard InChI is InChI=1S/C10H7F4NO/c11-7-2-1-3-8(6-7)15-5-4-9(16)10(12,13)14/h1-6,15H/b5-4+. The molecule has 16 heavy (non-hydrogen) atoms. The molecule has 86 valence electrons. The highest BCUT2D eigenvalue weighted by molar-refractivity contribution is 5.94. The zero-order chi connectivity index (χ0) is 12.2. The molecule has 1 aromatic rings. The lowest BCUT2D eigenvalue weighted by atomic mass is 10.3. The second kappa shape index (κ2) is 4.78. The first-order valence-electron chi connectivity index (χ1n) is 4.19. The zero-order valence-corrected chi connectivity index (χ0v) is 7.88. The number of nitrogens with one attached hydrogen (secondary N) is 1. The Bertz CT molecular complexity index is 412. The summed E-state index contributed by atoms with van der Waals surface area (Å²) in [7, 11) is 0. The molecule has 0 bridgehead atoms. The third-order valence-electron chi connectivity index (χ3n) is 1.59. The molecule has 0 atom stereocenters. The maximum atomic E-state index is 12.6. The first kappa shape index (κ1) is 12.2. The molecule has 0 aliphatic carbocycles. The molecule has 6 heteroatoms. The molecule has 0 unspecified atom stereocenters. The van der Waals surface area contributed by atoms with Crippen LogP contribution in [0.15, 0.2) is 36.5 Å². The summed E-state index contributed by atoms with van der Waals surface area (Å²) in [6.45, 7) is 0. The van der Waals surface area contributed by atoms with Crippen molar-refractivity contribution in [2.45, 2.75) is 6.18 Å². The largest absolute Gasteiger partial charge is 0.454 e. The SMILES string of the molecule is O=C(/C=C/Nc1cccc(F)c1)C(F)(F)F. The van der Waals surface area contributed by atoms with Crippen LogP contribution < -0.4 is 5.32 Å². The minimum absolute atomic E-state index is 0.256. The first-order valence-corrected chi connectivity index (χ1v) is 4.19. The Kier molecular flexibility index (Phi) is 3.65. The molecule has 0 spiro atoms. The summed E-state index contributed by atoms with van der Waals surface area (Å²) in [6.07, 6.45) is -3.74. The smallest absolute Gasteiger partial charge is 0.361 e. The fourth-order valence-corrected chi connectivity index (χ4v) is 0.886. The van der Waals surface area contributed by atoms with E-state index < -0.39 is 17.8 Å². The van der Waals surface area contributed by atoms with Crippen molar-refractivity contribution in [3.63, 3.8) is 0 Å². The van der Waals surface area contributed by atoms with Gasteiger partial charge >= 0.3 is 6.18 Å². The van der Waals surface area contributed by atoms with Gasteiger partial charge in [0.1, 0.15) is 5.82 Å². The van der Waals surface area contributed by atoms with Crippen LogP contribution in [-0.2, 0) is 4.79 Å². The fourth-order valence-electron chi connectivity index (χ4n) is 0.886. The van der Waals surface area contributed by atoms with Crippen LogP contribution in [0.25, 0.3) is 0 Å². The Morgan fingerprint density at radius 1 is 1.31 bits per heavy atom. The highest BCUT2D eigenvalue weighted by atomic mass is 19.4. The maximum absolute atomic E-state index is 12.6. The monoisotopic (exact) mass is 233 g/mol. The lowest BCUT2D eigenvalue weighted by Crippen LogP contribution is -2.20. The van der Waals surface area contributed by atoms with Crippen LogP contribution in [0.5, 0.6) is 0 Å². The van der Waals surface area contributed by atoms with Gasteiger partial charge in [0.25, 0.3) is 5.78 Å². The normalized spacial score (nSPS) is 11.8. The Balaban J connectivity index is 2.59. The van der Waals surface area contributed by atoms with Crippen LogP contribution >= 0.6 is 0 Å². The number of carbonyl (C=O) groups is 1. The van der Waals surface area contributed by atoms with Crippen LogP contribution in [0.4, 0.5) is 23.2 Å². The number of ketones is 1. The summed E-state index contributed by atoms with van der Waals surface area (Å²) in [4.78, 5) is 10.4. The van der Waals surface area contributed by atoms with Crippen molar-refractivity contribution in [3.05, 3.63) is 42.4 Å². The average Bonchev–Trinajstić information content (AvgIpc) is 2.16. The van der Waals surface area contributed by atoms with Crippen molar-refractivity contribution >= 4 is 11.5 Å². The molecule has 1 rings (SSSR count). The maximum Gasteiger partial charge on any atom is 0.454 e. The molecule has 0 aliphatic rings. The van der Waals surface area contributed by atoms with Gasteiger partial charge in [-0.2, -0.15) is 13.2 Å². The molecule has 0 aromatic heterocycles. The summed E-state index contributed by atoms with van der Waals surface area (Å²) in [6, 6.07) is 5.11. The molecular weight excluding hydrogens is 226 g/mol. The van der Waals surface area contributed by atoms with Gasteiger partial charge in [0.05, 0.1) is 0 Å². The van der Waals surface area contributed by atoms with Crippen LogP contribution in [0.3, 0.4) is 0 Å². The van der Waals surface area contributed by atoms with E-state index in [0.29, 0.717) is 6.08 Å². The summed E-state index contributed by atoms with van der Waals surface area (Å²) in [5.74, 6) is -2.50. The lowest BCUT2D eigenvalue weighted by molar-refractivity contribution is -0.165. The van der Waals surface area contributed by atoms with Gasteiger partial charge in [0, 0.05) is 18.0 Å². The molecule has 2 nitrogen and oxygen atoms in total. The summed E-state index contributed by atoms with van der Waals surface area (Å²) in [5, 5.41) is 2.35. The van der Waals surface area contributed by atoms with Crippen LogP contribution in [-0.4, -0.2) is 12.0 Å². The predicted octanol–water partition coefficient (Wildman–Crippen LogP) is 2.88. The van der Waals surface area contributed by atoms with E-state index in [9.17, 15) is 22.4 Å². The Morgan fingerprint density at radius 3 is 2.56 bits per heavy atom. The second-order valence-corrected chi connectivity index (χ2v) is 2.85. The highest BCUT2D eigenvalue weighted by Crippen LogP contribution is 2.16. The van der Waals surface area contributed by atoms with Gasteiger partial charge in [-0.15, -0.1) is 0 Å². The molecule has 0 heterocycles. The topological polar surface area (TPSA) is 29.1 Å². The number of hydrogen-bond donors (Lipinski definition) is 1. The van der Waals surface area contributed by atoms with Gasteiger partial charge < -0.3 is 5.32 Å². The minimum Gasteiger partial charge on any atom is -0.361 e. The number of anilines is 1. The molecule has 0 amide bonds. The van der Waals surface area contributed by atoms with E-state index in [1.807, 2.05) is 0 Å². The van der Waals surface area contributed by atoms with Gasteiger partial charge in [-0.25, -0.2) is 4.39 Å². The predicted molar refractivity (Wildman–Crippen MR) is 50.2 cm³/mol. The molecular formula is C10H7F4NO. The van der Waals surface area contributed by atoms with E-state index in [1.54, 1.807) is 0 Å². The van der Waals surface area contributed by atoms with Crippen molar-refractivity contribution in [2.75, 3.05) is 5.32 Å². The van der Waals surface area contributed by atoms with Crippen LogP contribution in [0, 0.1) is 5.82 Å². The molecule has 1 N–H and O–H groups in total. The fraction of sp³-hybridized carbons (Fsp3) is 0.100. The zero-order valence-electron chi connectivity index (χ0n) is 7.88. The molecule has 0 saturated carbocycles. The van der Waals surface area contributed by atoms with E-state index >= 15 is 0 Å². The number of rotatable bonds is 3. The number of benzene rings is 1. The minimum atomic E-state index is -4.89. The van der Waals surface area contributed by atoms with Crippen LogP contribution in [0.1, 0.15) is 0 Å². The quantitative estimate of drug-likeness (QED) is 0.642. The number of hydrogen-bond acceptors (Lipinski definition) is 2. The highest BCUT2D eigenvalue weighted by Gasteiger charge is 2.35. The number of alkyl halides is 3. The van der Waals surface area contributed by atoms with Crippen LogP contribution in [0.2, 0.25) is 0 Å². The van der Waals surface area contributed by atoms with Crippen molar-refractivity contribution in [1.29, 1.82) is 0 Å². The van der Waals surface area contributed by atoms with Gasteiger partial charge in [0.15, 0.2) is 0 Å². The van der Waals surface area contributed by atoms with Crippen molar-refractivity contribution in [2.24, 2.45) is 0 Å². The number of carbonyl (C=O) groups excluding carboxylic acids is 1. The molecule has 1 aromatic carbocycles. The number of halogens is 4. The molecule has 0 radical (unpaired) electrons. The summed E-state index contributed by atoms with van der Waals surface area (Å²) < 4.78 is 47.9. The third-order valence-corrected chi connectivity index (χ3v) is 1.59. The van der Waals surface area contributed by atoms with Gasteiger partial charge in [-0.05, 0) is 18.2 Å². The molecule has 0 fully saturated rings. The summed E-state index contributed by atoms with van der Waals surface area (Å²) >= 11 is 0. The second-order valence-electron chi connectivity index (χ2n) is 2.85. The van der Waals surface area contributed by atoms with Crippen molar-refractivity contribution in [3.8, 4) is 0 Å². The Morgan fingerprint density at radius 2 is 2.00 bits per heavy atom. The first-order chi connectivity index (χ1) is 7.39. The van der Waals surface area contributed by atoms with E-state index in [0.717, 1.165) is 12.3 Å². The molecule has 0 aliphatic heterocycles. The lowest BCUT2D eigenvalue weighted by Gasteiger charge is -2.01. The van der Waals surface area contributed by atoms with Gasteiger partial charge in [0.2, 0.25) is 0 Å². The van der Waals surface area contributed by atoms with E-state index in [1.165, 1.54) is 18.2 Å².